The van der Waals surface area contributed by atoms with Crippen LogP contribution in [0.4, 0.5) is 8.78 Å². The molecule has 9 aromatic rings. The zero-order valence-electron chi connectivity index (χ0n) is 26.6. The molecule has 0 fully saturated rings. The number of para-hydroxylation sites is 2. The third-order valence-electron chi connectivity index (χ3n) is 8.95. The van der Waals surface area contributed by atoms with Gasteiger partial charge < -0.3 is 4.57 Å². The smallest absolute Gasteiger partial charge is 0.238 e. The summed E-state index contributed by atoms with van der Waals surface area (Å²) in [6.07, 6.45) is 0. The molecular formula is C43H27F2N5. The molecule has 0 unspecified atom stereocenters. The van der Waals surface area contributed by atoms with Crippen LogP contribution in [0.15, 0.2) is 164 Å². The molecule has 7 heteroatoms. The molecule has 0 aliphatic carbocycles. The standard InChI is InChI=1S/C43H27F2N5/c44-31-21-16-29(17-22-31)41-46-42(30-18-23-32(45)24-19-30)48-43(47-41)50-35-12-7-11-34(26-35)49(33-9-2-1-3-10-33)40-15-5-4-13-38(40)37-14-6-8-28-20-25-36(50)27-39(28)37/h1-27H. The normalized spacial score (nSPS) is 11.4. The van der Waals surface area contributed by atoms with Gasteiger partial charge in [-0.2, -0.15) is 9.97 Å². The van der Waals surface area contributed by atoms with Crippen molar-refractivity contribution in [1.82, 2.24) is 24.1 Å². The van der Waals surface area contributed by atoms with Crippen LogP contribution in [0, 0.1) is 11.6 Å². The predicted molar refractivity (Wildman–Crippen MR) is 197 cm³/mol. The first-order valence-corrected chi connectivity index (χ1v) is 16.2. The molecule has 0 N–H and O–H groups in total. The van der Waals surface area contributed by atoms with Crippen LogP contribution in [0.2, 0.25) is 0 Å². The fourth-order valence-electron chi connectivity index (χ4n) is 6.61. The van der Waals surface area contributed by atoms with Crippen molar-refractivity contribution in [2.45, 2.75) is 0 Å². The molecule has 0 radical (unpaired) electrons. The van der Waals surface area contributed by atoms with Crippen LogP contribution in [0.3, 0.4) is 0 Å². The molecule has 2 heterocycles. The minimum Gasteiger partial charge on any atom is -0.310 e. The van der Waals surface area contributed by atoms with Gasteiger partial charge in [-0.3, -0.25) is 4.57 Å². The van der Waals surface area contributed by atoms with Crippen LogP contribution < -0.4 is 0 Å². The van der Waals surface area contributed by atoms with E-state index in [4.69, 9.17) is 15.0 Å². The van der Waals surface area contributed by atoms with Gasteiger partial charge >= 0.3 is 0 Å². The second-order valence-corrected chi connectivity index (χ2v) is 12.1. The van der Waals surface area contributed by atoms with E-state index in [0.717, 1.165) is 49.3 Å². The maximum absolute atomic E-state index is 14.0. The van der Waals surface area contributed by atoms with E-state index in [9.17, 15) is 8.78 Å². The molecule has 9 rings (SSSR count). The molecule has 0 amide bonds. The lowest BCUT2D eigenvalue weighted by atomic mass is 10.0. The summed E-state index contributed by atoms with van der Waals surface area (Å²) in [5, 5.41) is 4.34. The highest BCUT2D eigenvalue weighted by molar-refractivity contribution is 6.12. The van der Waals surface area contributed by atoms with Crippen molar-refractivity contribution in [1.29, 1.82) is 0 Å². The second-order valence-electron chi connectivity index (χ2n) is 12.1. The first-order chi connectivity index (χ1) is 24.6. The Labute approximate surface area is 285 Å². The summed E-state index contributed by atoms with van der Waals surface area (Å²) in [6, 6.07) is 51.9. The van der Waals surface area contributed by atoms with Crippen LogP contribution in [0.25, 0.3) is 78.0 Å². The van der Waals surface area contributed by atoms with E-state index in [1.165, 1.54) is 24.3 Å². The number of halogens is 2. The van der Waals surface area contributed by atoms with Crippen molar-refractivity contribution in [2.75, 3.05) is 0 Å². The van der Waals surface area contributed by atoms with E-state index in [1.54, 1.807) is 24.3 Å². The Bertz CT molecular complexity index is 2700. The number of hydrogen-bond acceptors (Lipinski definition) is 3. The minimum atomic E-state index is -0.360. The van der Waals surface area contributed by atoms with Crippen molar-refractivity contribution in [3.8, 4) is 34.4 Å². The van der Waals surface area contributed by atoms with Gasteiger partial charge in [0.1, 0.15) is 11.6 Å². The van der Waals surface area contributed by atoms with Gasteiger partial charge in [0.25, 0.3) is 0 Å². The van der Waals surface area contributed by atoms with E-state index in [2.05, 4.69) is 89.5 Å². The fourth-order valence-corrected chi connectivity index (χ4v) is 6.61. The summed E-state index contributed by atoms with van der Waals surface area (Å²) in [4.78, 5) is 14.8. The summed E-state index contributed by atoms with van der Waals surface area (Å²) >= 11 is 0. The van der Waals surface area contributed by atoms with E-state index in [1.807, 2.05) is 34.9 Å². The summed E-state index contributed by atoms with van der Waals surface area (Å²) in [6.45, 7) is 0. The van der Waals surface area contributed by atoms with Gasteiger partial charge in [-0.25, -0.2) is 13.8 Å². The van der Waals surface area contributed by atoms with Gasteiger partial charge in [0.2, 0.25) is 5.95 Å². The van der Waals surface area contributed by atoms with Gasteiger partial charge in [0.15, 0.2) is 11.6 Å². The molecular weight excluding hydrogens is 625 g/mol. The number of nitrogens with zero attached hydrogens (tertiary/aromatic N) is 5. The van der Waals surface area contributed by atoms with Crippen LogP contribution in [0.5, 0.6) is 0 Å². The predicted octanol–water partition coefficient (Wildman–Crippen LogP) is 10.8. The molecule has 4 bridgehead atoms. The minimum absolute atomic E-state index is 0.357. The van der Waals surface area contributed by atoms with Gasteiger partial charge in [0.05, 0.1) is 11.0 Å². The van der Waals surface area contributed by atoms with Gasteiger partial charge in [-0.05, 0) is 113 Å². The van der Waals surface area contributed by atoms with Gasteiger partial charge in [-0.1, -0.05) is 66.7 Å². The Morgan fingerprint density at radius 1 is 0.400 bits per heavy atom. The number of hydrogen-bond donors (Lipinski definition) is 0. The Morgan fingerprint density at radius 3 is 1.68 bits per heavy atom. The van der Waals surface area contributed by atoms with Crippen molar-refractivity contribution >= 4 is 43.6 Å². The van der Waals surface area contributed by atoms with Crippen LogP contribution in [-0.2, 0) is 0 Å². The molecule has 50 heavy (non-hydrogen) atoms. The Kier molecular flexibility index (Phi) is 7.09. The Balaban J connectivity index is 1.47. The maximum atomic E-state index is 14.0. The molecule has 0 saturated heterocycles. The molecule has 238 valence electrons. The average Bonchev–Trinajstić information content (AvgIpc) is 3.17. The third kappa shape index (κ3) is 5.22. The van der Waals surface area contributed by atoms with E-state index in [-0.39, 0.29) is 11.6 Å². The summed E-state index contributed by atoms with van der Waals surface area (Å²) in [7, 11) is 0. The van der Waals surface area contributed by atoms with Gasteiger partial charge in [-0.15, -0.1) is 0 Å². The quantitative estimate of drug-likeness (QED) is 0.190. The van der Waals surface area contributed by atoms with Crippen LogP contribution >= 0.6 is 0 Å². The van der Waals surface area contributed by atoms with Crippen LogP contribution in [-0.4, -0.2) is 24.1 Å². The summed E-state index contributed by atoms with van der Waals surface area (Å²) in [5.41, 5.74) is 5.90. The van der Waals surface area contributed by atoms with E-state index < -0.39 is 0 Å². The Hall–Kier alpha value is -6.73. The molecule has 0 aliphatic rings. The van der Waals surface area contributed by atoms with Crippen LogP contribution in [0.1, 0.15) is 0 Å². The van der Waals surface area contributed by atoms with Gasteiger partial charge in [0, 0.05) is 33.2 Å². The summed E-state index contributed by atoms with van der Waals surface area (Å²) in [5.74, 6) is 0.359. The molecule has 7 aromatic carbocycles. The Morgan fingerprint density at radius 2 is 0.980 bits per heavy atom. The molecule has 5 nitrogen and oxygen atoms in total. The number of rotatable bonds is 4. The second kappa shape index (κ2) is 12.1. The fraction of sp³-hybridized carbons (Fsp3) is 0. The van der Waals surface area contributed by atoms with E-state index in [0.29, 0.717) is 28.7 Å². The lowest BCUT2D eigenvalue weighted by Gasteiger charge is -2.14. The summed E-state index contributed by atoms with van der Waals surface area (Å²) < 4.78 is 32.3. The SMILES string of the molecule is Fc1ccc(-c2nc(-c3ccc(F)cc3)nc(-n3c4ccc5cccc(c5c4)c4ccccc4n(-c4ccccc4)c4cccc3c4)n2)cc1. The molecule has 0 aliphatic heterocycles. The number of fused-ring (bicyclic) bond motifs is 5. The van der Waals surface area contributed by atoms with Crippen molar-refractivity contribution in [2.24, 2.45) is 0 Å². The van der Waals surface area contributed by atoms with Crippen molar-refractivity contribution in [3.63, 3.8) is 0 Å². The topological polar surface area (TPSA) is 48.5 Å². The monoisotopic (exact) mass is 651 g/mol. The van der Waals surface area contributed by atoms with Crippen molar-refractivity contribution in [3.05, 3.63) is 175 Å². The zero-order valence-corrected chi connectivity index (χ0v) is 26.6. The highest BCUT2D eigenvalue weighted by Gasteiger charge is 2.15. The average molecular weight is 652 g/mol. The highest BCUT2D eigenvalue weighted by Crippen LogP contribution is 2.32. The molecule has 0 spiro atoms. The molecule has 2 aromatic heterocycles. The largest absolute Gasteiger partial charge is 0.310 e. The molecule has 0 saturated carbocycles. The first kappa shape index (κ1) is 29.4. The third-order valence-corrected chi connectivity index (χ3v) is 8.95. The molecule has 0 atom stereocenters. The lowest BCUT2D eigenvalue weighted by molar-refractivity contribution is 0.627. The van der Waals surface area contributed by atoms with E-state index >= 15 is 0 Å². The zero-order chi connectivity index (χ0) is 33.6. The maximum Gasteiger partial charge on any atom is 0.238 e. The number of aromatic nitrogens is 5. The number of benzene rings is 7. The first-order valence-electron chi connectivity index (χ1n) is 16.2. The highest BCUT2D eigenvalue weighted by atomic mass is 19.1. The lowest BCUT2D eigenvalue weighted by Crippen LogP contribution is -2.07. The van der Waals surface area contributed by atoms with Crippen molar-refractivity contribution < 1.29 is 8.78 Å².